The van der Waals surface area contributed by atoms with Crippen molar-refractivity contribution in [3.8, 4) is 47.4 Å². The van der Waals surface area contributed by atoms with Crippen molar-refractivity contribution < 1.29 is 0 Å². The van der Waals surface area contributed by atoms with Crippen molar-refractivity contribution in [3.63, 3.8) is 0 Å². The number of benzene rings is 4. The molecule has 0 spiro atoms. The van der Waals surface area contributed by atoms with E-state index in [-0.39, 0.29) is 0 Å². The molecular formula is C42H34N6. The van der Waals surface area contributed by atoms with Crippen LogP contribution in [0.25, 0.3) is 11.4 Å². The number of hydrogen-bond acceptors (Lipinski definition) is 6. The van der Waals surface area contributed by atoms with Gasteiger partial charge in [-0.1, -0.05) is 47.9 Å². The molecule has 0 saturated heterocycles. The maximum absolute atomic E-state index is 4.71. The highest BCUT2D eigenvalue weighted by atomic mass is 15.1. The smallest absolute Gasteiger partial charge is 0.101 e. The van der Waals surface area contributed by atoms with Crippen molar-refractivity contribution in [1.29, 1.82) is 0 Å². The summed E-state index contributed by atoms with van der Waals surface area (Å²) in [4.78, 5) is 13.9. The molecule has 6 nitrogen and oxygen atoms in total. The lowest BCUT2D eigenvalue weighted by molar-refractivity contribution is 1.11. The van der Waals surface area contributed by atoms with Gasteiger partial charge in [-0.25, -0.2) is 0 Å². The Hall–Kier alpha value is -6.34. The highest BCUT2D eigenvalue weighted by Gasteiger charge is 2.14. The Balaban J connectivity index is 1.25. The fourth-order valence-corrected chi connectivity index (χ4v) is 6.25. The van der Waals surface area contributed by atoms with Gasteiger partial charge in [-0.05, 0) is 96.5 Å². The normalized spacial score (nSPS) is 14.4. The van der Waals surface area contributed by atoms with Crippen LogP contribution in [0.2, 0.25) is 0 Å². The van der Waals surface area contributed by atoms with E-state index in [2.05, 4.69) is 169 Å². The van der Waals surface area contributed by atoms with Gasteiger partial charge in [-0.3, -0.25) is 9.98 Å². The molecule has 12 aliphatic rings. The first-order valence-corrected chi connectivity index (χ1v) is 15.9. The first-order valence-electron chi connectivity index (χ1n) is 15.9. The van der Waals surface area contributed by atoms with Crippen molar-refractivity contribution in [1.82, 2.24) is 0 Å². The maximum Gasteiger partial charge on any atom is 0.101 e. The Morgan fingerprint density at radius 2 is 0.917 bits per heavy atom. The van der Waals surface area contributed by atoms with Gasteiger partial charge in [0.15, 0.2) is 0 Å². The molecule has 0 fully saturated rings. The first-order chi connectivity index (χ1) is 23.5. The van der Waals surface area contributed by atoms with Gasteiger partial charge in [0.2, 0.25) is 0 Å². The minimum atomic E-state index is 0.387. The minimum Gasteiger partial charge on any atom is -0.374 e. The summed E-state index contributed by atoms with van der Waals surface area (Å²) in [6, 6.07) is 25.6. The highest BCUT2D eigenvalue weighted by Crippen LogP contribution is 2.23. The predicted molar refractivity (Wildman–Crippen MR) is 195 cm³/mol. The lowest BCUT2D eigenvalue weighted by atomic mass is 10.0. The van der Waals surface area contributed by atoms with E-state index in [0.29, 0.717) is 26.2 Å². The average Bonchev–Trinajstić information content (AvgIpc) is 3.11. The fourth-order valence-electron chi connectivity index (χ4n) is 6.25. The van der Waals surface area contributed by atoms with Gasteiger partial charge in [-0.15, -0.1) is 0 Å². The second kappa shape index (κ2) is 13.2. The van der Waals surface area contributed by atoms with Crippen molar-refractivity contribution >= 4 is 34.1 Å². The molecule has 12 aliphatic heterocycles. The van der Waals surface area contributed by atoms with E-state index in [0.717, 1.165) is 33.5 Å². The number of nitrogens with zero attached hydrogens (tertiary/aromatic N) is 4. The lowest BCUT2D eigenvalue weighted by Gasteiger charge is -2.24. The third-order valence-corrected chi connectivity index (χ3v) is 9.01. The van der Waals surface area contributed by atoms with Crippen LogP contribution in [-0.2, 0) is 0 Å². The molecule has 232 valence electrons. The van der Waals surface area contributed by atoms with Gasteiger partial charge in [0.25, 0.3) is 0 Å². The van der Waals surface area contributed by atoms with Gasteiger partial charge >= 0.3 is 0 Å². The molecule has 4 aromatic rings. The van der Waals surface area contributed by atoms with E-state index in [1.54, 1.807) is 0 Å². The van der Waals surface area contributed by atoms with Crippen LogP contribution in [0.5, 0.6) is 0 Å². The van der Waals surface area contributed by atoms with E-state index in [9.17, 15) is 0 Å². The van der Waals surface area contributed by atoms with E-state index in [1.165, 1.54) is 42.7 Å². The third kappa shape index (κ3) is 5.97. The summed E-state index contributed by atoms with van der Waals surface area (Å²) >= 11 is 0. The zero-order valence-corrected chi connectivity index (χ0v) is 27.5. The molecule has 12 heterocycles. The van der Waals surface area contributed by atoms with Gasteiger partial charge in [0, 0.05) is 57.7 Å². The second-order valence-electron chi connectivity index (χ2n) is 11.8. The molecule has 16 rings (SSSR count). The van der Waals surface area contributed by atoms with Crippen molar-refractivity contribution in [3.05, 3.63) is 115 Å². The summed E-state index contributed by atoms with van der Waals surface area (Å²) in [6.45, 7) is 6.07. The van der Waals surface area contributed by atoms with Crippen molar-refractivity contribution in [2.75, 3.05) is 60.7 Å². The second-order valence-corrected chi connectivity index (χ2v) is 11.8. The Morgan fingerprint density at radius 3 is 1.38 bits per heavy atom. The molecule has 0 amide bonds. The topological polar surface area (TPSA) is 55.3 Å². The van der Waals surface area contributed by atoms with Crippen LogP contribution in [0.1, 0.15) is 13.8 Å². The monoisotopic (exact) mass is 622 g/mol. The largest absolute Gasteiger partial charge is 0.374 e. The molecule has 12 bridgehead atoms. The molecule has 48 heavy (non-hydrogen) atoms. The number of rotatable bonds is 0. The van der Waals surface area contributed by atoms with Crippen LogP contribution in [-0.4, -0.2) is 40.3 Å². The van der Waals surface area contributed by atoms with Gasteiger partial charge in [0.1, 0.15) is 13.1 Å². The average molecular weight is 623 g/mol. The number of hydrogen-bond donors (Lipinski definition) is 2. The molecule has 6 heteroatoms. The van der Waals surface area contributed by atoms with Crippen molar-refractivity contribution in [2.45, 2.75) is 13.8 Å². The molecule has 0 radical (unpaired) electrons. The molecule has 0 aromatic heterocycles. The number of nitrogens with one attached hydrogen (secondary N) is 2. The zero-order valence-electron chi connectivity index (χ0n) is 27.5. The summed E-state index contributed by atoms with van der Waals surface area (Å²) < 4.78 is 0. The standard InChI is InChI=1S/C42H34N6/c1-29-39-25-31-13-17-35(39)37-19-15-33(27-41(37)47(29)3)45-23-11-8-6-10-22-44-32-14-18-36-38-20-16-34(46-24-12-7-5-9-21-43-31)28-42(38)48(4)30(2)40(36)26-32/h13-20,25-28,43-44H,21-24H2,1-4H3. The maximum atomic E-state index is 4.71. The summed E-state index contributed by atoms with van der Waals surface area (Å²) in [5.41, 5.74) is 6.64. The van der Waals surface area contributed by atoms with E-state index in [4.69, 9.17) is 9.98 Å². The van der Waals surface area contributed by atoms with Crippen LogP contribution in [0.4, 0.5) is 22.7 Å². The van der Waals surface area contributed by atoms with Crippen LogP contribution in [0, 0.1) is 68.2 Å². The molecule has 0 aliphatic carbocycles. The quantitative estimate of drug-likeness (QED) is 0.296. The van der Waals surface area contributed by atoms with Crippen LogP contribution in [0.3, 0.4) is 0 Å². The molecular weight excluding hydrogens is 589 g/mol. The third-order valence-electron chi connectivity index (χ3n) is 9.01. The Bertz CT molecular complexity index is 2530. The van der Waals surface area contributed by atoms with E-state index >= 15 is 0 Å². The van der Waals surface area contributed by atoms with Gasteiger partial charge < -0.3 is 20.4 Å². The summed E-state index contributed by atoms with van der Waals surface area (Å²) in [5, 5.41) is 15.8. The summed E-state index contributed by atoms with van der Waals surface area (Å²) in [5.74, 6) is 24.2. The molecule has 0 unspecified atom stereocenters. The lowest BCUT2D eigenvalue weighted by Crippen LogP contribution is -2.27. The Morgan fingerprint density at radius 1 is 0.500 bits per heavy atom. The molecule has 0 atom stereocenters. The Labute approximate surface area is 280 Å². The van der Waals surface area contributed by atoms with E-state index < -0.39 is 0 Å². The Kier molecular flexibility index (Phi) is 8.33. The summed E-state index contributed by atoms with van der Waals surface area (Å²) in [6.07, 6.45) is 0. The molecule has 4 aromatic carbocycles. The predicted octanol–water partition coefficient (Wildman–Crippen LogP) is 3.21. The zero-order chi connectivity index (χ0) is 33.0. The van der Waals surface area contributed by atoms with Crippen LogP contribution < -0.4 is 41.6 Å². The molecule has 2 N–H and O–H groups in total. The minimum absolute atomic E-state index is 0.387. The molecule has 0 saturated carbocycles. The first kappa shape index (κ1) is 30.3. The van der Waals surface area contributed by atoms with Crippen LogP contribution >= 0.6 is 0 Å². The van der Waals surface area contributed by atoms with Crippen molar-refractivity contribution in [2.24, 2.45) is 9.98 Å². The summed E-state index contributed by atoms with van der Waals surface area (Å²) in [7, 11) is 4.19. The fraction of sp³-hybridized carbons (Fsp3) is 0.190. The van der Waals surface area contributed by atoms with E-state index in [1.807, 2.05) is 0 Å². The van der Waals surface area contributed by atoms with Gasteiger partial charge in [0.05, 0.1) is 35.2 Å². The number of anilines is 4. The highest BCUT2D eigenvalue weighted by molar-refractivity contribution is 5.71. The van der Waals surface area contributed by atoms with Crippen LogP contribution in [0.15, 0.2) is 82.8 Å². The van der Waals surface area contributed by atoms with Gasteiger partial charge in [-0.2, -0.15) is 0 Å². The SMILES string of the molecule is CC1=c2cc3ccc2=c2ccc(cc2N1C)=NCC#CC#CCNc1ccc2c(c1)=C(C)N(C)c1cc(ccc1=2)=NCC#CC#CCN3.